The molecule has 0 saturated carbocycles. The van der Waals surface area contributed by atoms with E-state index < -0.39 is 10.9 Å². The number of nitro groups is 1. The third-order valence-electron chi connectivity index (χ3n) is 3.40. The van der Waals surface area contributed by atoms with Gasteiger partial charge in [0.2, 0.25) is 0 Å². The molecule has 1 aromatic carbocycles. The van der Waals surface area contributed by atoms with Crippen LogP contribution in [0.2, 0.25) is 0 Å². The van der Waals surface area contributed by atoms with Crippen molar-refractivity contribution in [1.29, 1.82) is 0 Å². The minimum Gasteiger partial charge on any atom is -0.477 e. The second-order valence-corrected chi connectivity index (χ2v) is 4.83. The molecule has 106 valence electrons. The Morgan fingerprint density at radius 3 is 2.85 bits per heavy atom. The molecule has 20 heavy (non-hydrogen) atoms. The number of aromatic carboxylic acids is 1. The Balaban J connectivity index is 2.08. The highest BCUT2D eigenvalue weighted by atomic mass is 16.6. The highest BCUT2D eigenvalue weighted by Gasteiger charge is 2.20. The van der Waals surface area contributed by atoms with Crippen molar-refractivity contribution in [3.8, 4) is 0 Å². The molecule has 2 N–H and O–H groups in total. The van der Waals surface area contributed by atoms with E-state index in [0.717, 1.165) is 25.8 Å². The molecule has 0 aliphatic heterocycles. The van der Waals surface area contributed by atoms with Crippen LogP contribution >= 0.6 is 0 Å². The number of hydrogen-bond donors (Lipinski definition) is 2. The van der Waals surface area contributed by atoms with Gasteiger partial charge in [-0.15, -0.1) is 0 Å². The molecule has 0 amide bonds. The molecule has 0 spiro atoms. The van der Waals surface area contributed by atoms with Gasteiger partial charge in [0.15, 0.2) is 0 Å². The molecule has 6 nitrogen and oxygen atoms in total. The Kier molecular flexibility index (Phi) is 4.34. The zero-order valence-corrected chi connectivity index (χ0v) is 10.9. The third-order valence-corrected chi connectivity index (χ3v) is 3.40. The van der Waals surface area contributed by atoms with Crippen molar-refractivity contribution in [2.45, 2.75) is 19.3 Å². The molecule has 0 bridgehead atoms. The summed E-state index contributed by atoms with van der Waals surface area (Å²) < 4.78 is 0. The molecule has 2 rings (SSSR count). The Labute approximate surface area is 116 Å². The first-order valence-electron chi connectivity index (χ1n) is 6.48. The number of anilines is 1. The van der Waals surface area contributed by atoms with Crippen LogP contribution in [0.4, 0.5) is 11.4 Å². The summed E-state index contributed by atoms with van der Waals surface area (Å²) in [7, 11) is 0. The summed E-state index contributed by atoms with van der Waals surface area (Å²) in [5, 5.41) is 22.9. The van der Waals surface area contributed by atoms with Crippen LogP contribution in [0.25, 0.3) is 0 Å². The Morgan fingerprint density at radius 2 is 2.25 bits per heavy atom. The molecule has 0 aromatic heterocycles. The predicted octanol–water partition coefficient (Wildman–Crippen LogP) is 3.06. The van der Waals surface area contributed by atoms with Gasteiger partial charge in [-0.05, 0) is 37.3 Å². The van der Waals surface area contributed by atoms with E-state index in [0.29, 0.717) is 11.6 Å². The fraction of sp³-hybridized carbons (Fsp3) is 0.357. The average Bonchev–Trinajstić information content (AvgIpc) is 2.45. The van der Waals surface area contributed by atoms with E-state index >= 15 is 0 Å². The van der Waals surface area contributed by atoms with Crippen molar-refractivity contribution in [2.24, 2.45) is 5.92 Å². The smallest absolute Gasteiger partial charge is 0.342 e. The van der Waals surface area contributed by atoms with Gasteiger partial charge in [-0.3, -0.25) is 10.1 Å². The molecule has 0 fully saturated rings. The maximum Gasteiger partial charge on any atom is 0.342 e. The lowest BCUT2D eigenvalue weighted by molar-refractivity contribution is -0.385. The Hall–Kier alpha value is -2.37. The van der Waals surface area contributed by atoms with E-state index in [2.05, 4.69) is 17.5 Å². The van der Waals surface area contributed by atoms with E-state index in [4.69, 9.17) is 5.11 Å². The predicted molar refractivity (Wildman–Crippen MR) is 75.0 cm³/mol. The van der Waals surface area contributed by atoms with Crippen LogP contribution in [0, 0.1) is 16.0 Å². The van der Waals surface area contributed by atoms with Crippen LogP contribution in [0.15, 0.2) is 30.4 Å². The third kappa shape index (κ3) is 3.34. The lowest BCUT2D eigenvalue weighted by Crippen LogP contribution is -2.15. The fourth-order valence-corrected chi connectivity index (χ4v) is 2.28. The Morgan fingerprint density at radius 1 is 1.45 bits per heavy atom. The molecular formula is C14H16N2O4. The van der Waals surface area contributed by atoms with Gasteiger partial charge in [0.1, 0.15) is 5.56 Å². The zero-order valence-electron chi connectivity index (χ0n) is 10.9. The maximum absolute atomic E-state index is 10.9. The molecule has 1 aromatic rings. The first kappa shape index (κ1) is 14.0. The van der Waals surface area contributed by atoms with Crippen molar-refractivity contribution >= 4 is 17.3 Å². The van der Waals surface area contributed by atoms with E-state index in [1.54, 1.807) is 6.07 Å². The quantitative estimate of drug-likeness (QED) is 0.490. The summed E-state index contributed by atoms with van der Waals surface area (Å²) in [6.45, 7) is 0.730. The second kappa shape index (κ2) is 6.18. The van der Waals surface area contributed by atoms with E-state index in [1.165, 1.54) is 12.1 Å². The van der Waals surface area contributed by atoms with Crippen LogP contribution < -0.4 is 5.32 Å². The lowest BCUT2D eigenvalue weighted by Gasteiger charge is -2.18. The summed E-state index contributed by atoms with van der Waals surface area (Å²) in [6, 6.07) is 4.11. The first-order valence-corrected chi connectivity index (χ1v) is 6.48. The van der Waals surface area contributed by atoms with Gasteiger partial charge in [0.05, 0.1) is 4.92 Å². The van der Waals surface area contributed by atoms with E-state index in [9.17, 15) is 14.9 Å². The summed E-state index contributed by atoms with van der Waals surface area (Å²) in [5.41, 5.74) is -0.0940. The van der Waals surface area contributed by atoms with Crippen LogP contribution in [-0.4, -0.2) is 22.5 Å². The molecule has 1 atom stereocenters. The van der Waals surface area contributed by atoms with Gasteiger partial charge in [-0.1, -0.05) is 12.2 Å². The minimum atomic E-state index is -1.29. The number of carboxylic acid groups (broad SMARTS) is 1. The number of nitro benzene ring substituents is 1. The fourth-order valence-electron chi connectivity index (χ4n) is 2.28. The SMILES string of the molecule is O=C(O)c1ccc(NCC2CC=CCC2)cc1[N+](=O)[O-]. The molecule has 0 saturated heterocycles. The average molecular weight is 276 g/mol. The van der Waals surface area contributed by atoms with Gasteiger partial charge in [-0.25, -0.2) is 4.79 Å². The van der Waals surface area contributed by atoms with E-state index in [-0.39, 0.29) is 11.3 Å². The molecule has 0 heterocycles. The van der Waals surface area contributed by atoms with Gasteiger partial charge < -0.3 is 10.4 Å². The molecule has 1 aliphatic carbocycles. The van der Waals surface area contributed by atoms with E-state index in [1.807, 2.05) is 0 Å². The Bertz CT molecular complexity index is 554. The van der Waals surface area contributed by atoms with Gasteiger partial charge in [0, 0.05) is 18.3 Å². The van der Waals surface area contributed by atoms with Crippen molar-refractivity contribution < 1.29 is 14.8 Å². The number of nitrogens with zero attached hydrogens (tertiary/aromatic N) is 1. The molecule has 1 unspecified atom stereocenters. The summed E-state index contributed by atoms with van der Waals surface area (Å²) in [5.74, 6) is -0.779. The maximum atomic E-state index is 10.9. The molecule has 1 aliphatic rings. The van der Waals surface area contributed by atoms with Gasteiger partial charge in [0.25, 0.3) is 5.69 Å². The highest BCUT2D eigenvalue weighted by Crippen LogP contribution is 2.24. The van der Waals surface area contributed by atoms with Gasteiger partial charge >= 0.3 is 5.97 Å². The number of hydrogen-bond acceptors (Lipinski definition) is 4. The number of nitrogens with one attached hydrogen (secondary N) is 1. The van der Waals surface area contributed by atoms with Crippen LogP contribution in [-0.2, 0) is 0 Å². The largest absolute Gasteiger partial charge is 0.477 e. The summed E-state index contributed by atoms with van der Waals surface area (Å²) in [4.78, 5) is 21.1. The number of carboxylic acids is 1. The highest BCUT2D eigenvalue weighted by molar-refractivity contribution is 5.93. The number of rotatable bonds is 5. The standard InChI is InChI=1S/C14H16N2O4/c17-14(18)12-7-6-11(8-13(12)16(19)20)15-9-10-4-2-1-3-5-10/h1-2,6-8,10,15H,3-5,9H2,(H,17,18). The lowest BCUT2D eigenvalue weighted by atomic mass is 9.94. The summed E-state index contributed by atoms with van der Waals surface area (Å²) >= 11 is 0. The zero-order chi connectivity index (χ0) is 14.5. The van der Waals surface area contributed by atoms with Crippen molar-refractivity contribution in [1.82, 2.24) is 0 Å². The number of carbonyl (C=O) groups is 1. The number of allylic oxidation sites excluding steroid dienone is 2. The first-order chi connectivity index (χ1) is 9.58. The van der Waals surface area contributed by atoms with Crippen molar-refractivity contribution in [3.63, 3.8) is 0 Å². The normalized spacial score (nSPS) is 17.7. The molecule has 6 heteroatoms. The van der Waals surface area contributed by atoms with Crippen LogP contribution in [0.5, 0.6) is 0 Å². The minimum absolute atomic E-state index is 0.291. The van der Waals surface area contributed by atoms with Crippen molar-refractivity contribution in [3.05, 3.63) is 46.0 Å². The summed E-state index contributed by atoms with van der Waals surface area (Å²) in [6.07, 6.45) is 7.46. The molecular weight excluding hydrogens is 260 g/mol. The topological polar surface area (TPSA) is 92.5 Å². The van der Waals surface area contributed by atoms with Crippen molar-refractivity contribution in [2.75, 3.05) is 11.9 Å². The van der Waals surface area contributed by atoms with Gasteiger partial charge in [-0.2, -0.15) is 0 Å². The van der Waals surface area contributed by atoms with Crippen LogP contribution in [0.1, 0.15) is 29.6 Å². The second-order valence-electron chi connectivity index (χ2n) is 4.83. The van der Waals surface area contributed by atoms with Crippen LogP contribution in [0.3, 0.4) is 0 Å². The monoisotopic (exact) mass is 276 g/mol. The molecule has 0 radical (unpaired) electrons. The number of benzene rings is 1.